The lowest BCUT2D eigenvalue weighted by atomic mass is 10.1. The molecule has 1 saturated heterocycles. The molecular formula is C20H33N3O7. The van der Waals surface area contributed by atoms with E-state index in [0.717, 1.165) is 69.4 Å². The molecule has 10 nitrogen and oxygen atoms in total. The lowest BCUT2D eigenvalue weighted by Crippen LogP contribution is -2.52. The summed E-state index contributed by atoms with van der Waals surface area (Å²) in [5, 5.41) is 37.3. The zero-order valence-corrected chi connectivity index (χ0v) is 17.9. The summed E-state index contributed by atoms with van der Waals surface area (Å²) in [6.45, 7) is 7.24. The first-order chi connectivity index (χ1) is 14.1. The number of hydrogen-bond donors (Lipinski definition) is 3. The van der Waals surface area contributed by atoms with Crippen molar-refractivity contribution in [2.24, 2.45) is 5.16 Å². The van der Waals surface area contributed by atoms with Gasteiger partial charge in [0.1, 0.15) is 24.5 Å². The van der Waals surface area contributed by atoms with E-state index in [1.807, 2.05) is 6.07 Å². The van der Waals surface area contributed by atoms with Crippen LogP contribution < -0.4 is 5.11 Å². The largest absolute Gasteiger partial charge is 0.550 e. The molecule has 0 atom stereocenters. The maximum atomic E-state index is 9.57. The molecule has 1 aromatic rings. The van der Waals surface area contributed by atoms with Crippen LogP contribution in [0.15, 0.2) is 17.3 Å². The van der Waals surface area contributed by atoms with Crippen LogP contribution in [0.4, 0.5) is 0 Å². The van der Waals surface area contributed by atoms with E-state index in [0.29, 0.717) is 5.69 Å². The van der Waals surface area contributed by atoms with Crippen LogP contribution in [0, 0.1) is 0 Å². The second-order valence-electron chi connectivity index (χ2n) is 7.18. The van der Waals surface area contributed by atoms with Crippen molar-refractivity contribution in [1.82, 2.24) is 4.98 Å². The SMILES string of the molecule is CC(=O)O.CC(=O)[O-].C[N+]1(CCCCCc2ccc(O)c(C=NO)n2)CCOCC1. The molecule has 0 unspecified atom stereocenters. The van der Waals surface area contributed by atoms with E-state index >= 15 is 0 Å². The van der Waals surface area contributed by atoms with Crippen molar-refractivity contribution in [3.05, 3.63) is 23.5 Å². The summed E-state index contributed by atoms with van der Waals surface area (Å²) < 4.78 is 6.54. The molecule has 3 N–H and O–H groups in total. The monoisotopic (exact) mass is 427 g/mol. The maximum absolute atomic E-state index is 9.57. The summed E-state index contributed by atoms with van der Waals surface area (Å²) in [5.74, 6) is -1.88. The molecule has 1 aromatic heterocycles. The fourth-order valence-electron chi connectivity index (χ4n) is 2.78. The Bertz CT molecular complexity index is 654. The molecule has 0 spiro atoms. The Balaban J connectivity index is 0.000000901. The van der Waals surface area contributed by atoms with E-state index in [-0.39, 0.29) is 5.75 Å². The van der Waals surface area contributed by atoms with Gasteiger partial charge in [-0.15, -0.1) is 0 Å². The van der Waals surface area contributed by atoms with Gasteiger partial charge >= 0.3 is 0 Å². The molecule has 0 aliphatic carbocycles. The minimum atomic E-state index is -1.08. The highest BCUT2D eigenvalue weighted by Gasteiger charge is 2.24. The molecule has 0 radical (unpaired) electrons. The molecule has 0 bridgehead atoms. The van der Waals surface area contributed by atoms with Crippen LogP contribution >= 0.6 is 0 Å². The van der Waals surface area contributed by atoms with E-state index in [4.69, 9.17) is 29.7 Å². The zero-order valence-electron chi connectivity index (χ0n) is 17.9. The number of hydrogen-bond acceptors (Lipinski definition) is 8. The molecule has 30 heavy (non-hydrogen) atoms. The van der Waals surface area contributed by atoms with Gasteiger partial charge in [0.05, 0.1) is 33.0 Å². The molecule has 2 heterocycles. The highest BCUT2D eigenvalue weighted by molar-refractivity contribution is 5.80. The smallest absolute Gasteiger partial charge is 0.300 e. The molecule has 0 amide bonds. The molecule has 170 valence electrons. The van der Waals surface area contributed by atoms with Crippen molar-refractivity contribution >= 4 is 18.2 Å². The van der Waals surface area contributed by atoms with Gasteiger partial charge in [-0.3, -0.25) is 4.79 Å². The van der Waals surface area contributed by atoms with Crippen LogP contribution in [0.2, 0.25) is 0 Å². The zero-order chi connectivity index (χ0) is 23.0. The average Bonchev–Trinajstić information content (AvgIpc) is 2.64. The normalized spacial score (nSPS) is 14.8. The number of carbonyl (C=O) groups excluding carboxylic acids is 1. The molecule has 1 aliphatic heterocycles. The minimum Gasteiger partial charge on any atom is -0.550 e. The number of oxime groups is 1. The summed E-state index contributed by atoms with van der Waals surface area (Å²) in [5.41, 5.74) is 1.23. The predicted molar refractivity (Wildman–Crippen MR) is 108 cm³/mol. The number of carboxylic acid groups (broad SMARTS) is 2. The van der Waals surface area contributed by atoms with Crippen molar-refractivity contribution in [3.63, 3.8) is 0 Å². The number of ether oxygens (including phenoxy) is 1. The van der Waals surface area contributed by atoms with E-state index in [9.17, 15) is 5.11 Å². The van der Waals surface area contributed by atoms with Crippen LogP contribution in [0.25, 0.3) is 0 Å². The van der Waals surface area contributed by atoms with Crippen LogP contribution in [0.5, 0.6) is 5.75 Å². The van der Waals surface area contributed by atoms with Gasteiger partial charge in [0.2, 0.25) is 0 Å². The summed E-state index contributed by atoms with van der Waals surface area (Å²) in [4.78, 5) is 22.2. The topological polar surface area (TPSA) is 152 Å². The van der Waals surface area contributed by atoms with Crippen LogP contribution in [-0.4, -0.2) is 82.9 Å². The van der Waals surface area contributed by atoms with Crippen LogP contribution in [0.3, 0.4) is 0 Å². The van der Waals surface area contributed by atoms with E-state index in [2.05, 4.69) is 17.2 Å². The van der Waals surface area contributed by atoms with E-state index in [1.165, 1.54) is 19.4 Å². The van der Waals surface area contributed by atoms with Gasteiger partial charge in [0, 0.05) is 18.6 Å². The van der Waals surface area contributed by atoms with E-state index < -0.39 is 11.9 Å². The number of rotatable bonds is 7. The summed E-state index contributed by atoms with van der Waals surface area (Å²) in [6.07, 6.45) is 5.48. The Morgan fingerprint density at radius 1 is 1.23 bits per heavy atom. The van der Waals surface area contributed by atoms with Gasteiger partial charge in [-0.25, -0.2) is 4.98 Å². The van der Waals surface area contributed by atoms with Crippen molar-refractivity contribution in [2.45, 2.75) is 39.5 Å². The Morgan fingerprint density at radius 2 is 1.80 bits per heavy atom. The number of nitrogens with zero attached hydrogens (tertiary/aromatic N) is 3. The second-order valence-corrected chi connectivity index (χ2v) is 7.18. The van der Waals surface area contributed by atoms with Gasteiger partial charge in [0.25, 0.3) is 5.97 Å². The van der Waals surface area contributed by atoms with Gasteiger partial charge in [-0.2, -0.15) is 0 Å². The van der Waals surface area contributed by atoms with Gasteiger partial charge in [-0.1, -0.05) is 5.16 Å². The first kappa shape index (κ1) is 27.3. The van der Waals surface area contributed by atoms with Crippen LogP contribution in [-0.2, 0) is 20.7 Å². The summed E-state index contributed by atoms with van der Waals surface area (Å²) in [7, 11) is 2.31. The number of pyridine rings is 1. The first-order valence-corrected chi connectivity index (χ1v) is 9.74. The van der Waals surface area contributed by atoms with Crippen molar-refractivity contribution in [2.75, 3.05) is 39.9 Å². The number of aromatic nitrogens is 1. The van der Waals surface area contributed by atoms with Crippen molar-refractivity contribution in [1.29, 1.82) is 0 Å². The standard InChI is InChI=1S/C16H25N3O3.2C2H4O2/c1-19(9-11-22-12-10-19)8-4-2-3-5-14-6-7-16(20)15(18-14)13-17-21;2*1-2(3)4/h6-7,13H,2-5,8-12H2,1H3,(H-,17,18,20,21);2*1H3,(H,3,4). The van der Waals surface area contributed by atoms with Gasteiger partial charge < -0.3 is 34.5 Å². The highest BCUT2D eigenvalue weighted by atomic mass is 16.5. The third-order valence-corrected chi connectivity index (χ3v) is 4.32. The number of aromatic hydroxyl groups is 1. The molecule has 0 aromatic carbocycles. The summed E-state index contributed by atoms with van der Waals surface area (Å²) >= 11 is 0. The molecule has 0 saturated carbocycles. The number of carbonyl (C=O) groups is 2. The van der Waals surface area contributed by atoms with E-state index in [1.54, 1.807) is 6.07 Å². The number of likely N-dealkylation sites (N-methyl/N-ethyl adjacent to an activating group) is 1. The van der Waals surface area contributed by atoms with Gasteiger partial charge in [0.15, 0.2) is 0 Å². The number of unbranched alkanes of at least 4 members (excludes halogenated alkanes) is 2. The molecule has 1 fully saturated rings. The fourth-order valence-corrected chi connectivity index (χ4v) is 2.78. The van der Waals surface area contributed by atoms with Gasteiger partial charge in [-0.05, 0) is 44.7 Å². The Labute approximate surface area is 177 Å². The number of aryl methyl sites for hydroxylation is 1. The lowest BCUT2D eigenvalue weighted by Gasteiger charge is -2.37. The Kier molecular flexibility index (Phi) is 13.8. The molecule has 2 rings (SSSR count). The Morgan fingerprint density at radius 3 is 2.33 bits per heavy atom. The molecular weight excluding hydrogens is 394 g/mol. The number of morpholine rings is 1. The number of carboxylic acids is 2. The van der Waals surface area contributed by atoms with Crippen LogP contribution in [0.1, 0.15) is 44.5 Å². The van der Waals surface area contributed by atoms with Crippen molar-refractivity contribution in [3.8, 4) is 5.75 Å². The summed E-state index contributed by atoms with van der Waals surface area (Å²) in [6, 6.07) is 3.42. The lowest BCUT2D eigenvalue weighted by molar-refractivity contribution is -0.917. The Hall–Kier alpha value is -2.72. The fraction of sp³-hybridized carbons (Fsp3) is 0.600. The quantitative estimate of drug-likeness (QED) is 0.188. The highest BCUT2D eigenvalue weighted by Crippen LogP contribution is 2.15. The first-order valence-electron chi connectivity index (χ1n) is 9.74. The third-order valence-electron chi connectivity index (χ3n) is 4.32. The second kappa shape index (κ2) is 15.2. The third kappa shape index (κ3) is 14.3. The average molecular weight is 427 g/mol. The molecule has 1 aliphatic rings. The molecule has 10 heteroatoms. The number of quaternary nitrogens is 1. The minimum absolute atomic E-state index is 0.0336. The number of aliphatic carboxylic acids is 2. The maximum Gasteiger partial charge on any atom is 0.300 e. The van der Waals surface area contributed by atoms with Crippen molar-refractivity contribution < 1.29 is 39.3 Å². The predicted octanol–water partition coefficient (Wildman–Crippen LogP) is 0.632.